The van der Waals surface area contributed by atoms with Crippen molar-refractivity contribution >= 4 is 33.2 Å². The first kappa shape index (κ1) is 18.0. The van der Waals surface area contributed by atoms with E-state index in [0.29, 0.717) is 19.7 Å². The van der Waals surface area contributed by atoms with Crippen LogP contribution in [-0.2, 0) is 17.9 Å². The highest BCUT2D eigenvalue weighted by Crippen LogP contribution is 2.22. The summed E-state index contributed by atoms with van der Waals surface area (Å²) in [5, 5.41) is 2.95. The fourth-order valence-corrected chi connectivity index (χ4v) is 3.69. The molecule has 2 aromatic rings. The Morgan fingerprint density at radius 2 is 2.00 bits per heavy atom. The molecule has 0 spiro atoms. The molecule has 1 N–H and O–H groups in total. The van der Waals surface area contributed by atoms with Crippen molar-refractivity contribution in [3.63, 3.8) is 0 Å². The lowest BCUT2D eigenvalue weighted by atomic mass is 10.2. The van der Waals surface area contributed by atoms with Gasteiger partial charge in [-0.1, -0.05) is 12.1 Å². The summed E-state index contributed by atoms with van der Waals surface area (Å²) in [6, 6.07) is 11.9. The van der Waals surface area contributed by atoms with Crippen LogP contribution in [-0.4, -0.2) is 31.0 Å². The molecular formula is C17H21BrN2O2S. The zero-order valence-electron chi connectivity index (χ0n) is 13.3. The van der Waals surface area contributed by atoms with Gasteiger partial charge in [0.15, 0.2) is 0 Å². The van der Waals surface area contributed by atoms with Gasteiger partial charge in [0.25, 0.3) is 0 Å². The Labute approximate surface area is 149 Å². The molecule has 0 saturated heterocycles. The minimum Gasteiger partial charge on any atom is -0.494 e. The molecule has 1 aromatic heterocycles. The molecule has 0 aliphatic rings. The van der Waals surface area contributed by atoms with Crippen LogP contribution in [0.1, 0.15) is 17.4 Å². The van der Waals surface area contributed by atoms with Gasteiger partial charge in [0, 0.05) is 18.0 Å². The molecule has 0 unspecified atom stereocenters. The summed E-state index contributed by atoms with van der Waals surface area (Å²) in [5.74, 6) is 0.876. The third-order valence-corrected chi connectivity index (χ3v) is 4.80. The van der Waals surface area contributed by atoms with Crippen LogP contribution in [0.15, 0.2) is 40.2 Å². The smallest absolute Gasteiger partial charge is 0.234 e. The molecule has 1 heterocycles. The molecule has 0 bridgehead atoms. The Bertz CT molecular complexity index is 628. The van der Waals surface area contributed by atoms with Crippen LogP contribution in [0.25, 0.3) is 0 Å². The first-order chi connectivity index (χ1) is 11.1. The van der Waals surface area contributed by atoms with Gasteiger partial charge in [-0.2, -0.15) is 0 Å². The molecular weight excluding hydrogens is 376 g/mol. The number of hydrogen-bond acceptors (Lipinski definition) is 4. The van der Waals surface area contributed by atoms with Gasteiger partial charge in [0.05, 0.1) is 16.9 Å². The molecule has 0 radical (unpaired) electrons. The fraction of sp³-hybridized carbons (Fsp3) is 0.353. The minimum absolute atomic E-state index is 0.0250. The second-order valence-electron chi connectivity index (χ2n) is 5.23. The molecule has 1 aromatic carbocycles. The van der Waals surface area contributed by atoms with Crippen molar-refractivity contribution in [3.05, 3.63) is 50.6 Å². The third kappa shape index (κ3) is 6.33. The second-order valence-corrected chi connectivity index (χ2v) is 7.78. The maximum atomic E-state index is 12.0. The van der Waals surface area contributed by atoms with Crippen molar-refractivity contribution < 1.29 is 9.53 Å². The number of hydrogen-bond donors (Lipinski definition) is 1. The summed E-state index contributed by atoms with van der Waals surface area (Å²) in [7, 11) is 1.95. The number of amides is 1. The van der Waals surface area contributed by atoms with Crippen molar-refractivity contribution in [1.82, 2.24) is 10.2 Å². The molecule has 6 heteroatoms. The van der Waals surface area contributed by atoms with Gasteiger partial charge < -0.3 is 10.1 Å². The summed E-state index contributed by atoms with van der Waals surface area (Å²) >= 11 is 5.14. The van der Waals surface area contributed by atoms with Crippen molar-refractivity contribution in [2.24, 2.45) is 0 Å². The van der Waals surface area contributed by atoms with Crippen LogP contribution in [0.5, 0.6) is 5.75 Å². The zero-order valence-corrected chi connectivity index (χ0v) is 15.7. The van der Waals surface area contributed by atoms with Crippen molar-refractivity contribution in [2.75, 3.05) is 20.2 Å². The van der Waals surface area contributed by atoms with E-state index in [9.17, 15) is 4.79 Å². The Hall–Kier alpha value is -1.37. The average molecular weight is 397 g/mol. The fourth-order valence-electron chi connectivity index (χ4n) is 2.13. The third-order valence-electron chi connectivity index (χ3n) is 3.19. The van der Waals surface area contributed by atoms with E-state index in [-0.39, 0.29) is 5.91 Å². The highest BCUT2D eigenvalue weighted by Gasteiger charge is 2.08. The molecule has 23 heavy (non-hydrogen) atoms. The first-order valence-corrected chi connectivity index (χ1v) is 9.09. The maximum absolute atomic E-state index is 12.0. The molecule has 2 rings (SSSR count). The highest BCUT2D eigenvalue weighted by molar-refractivity contribution is 9.11. The highest BCUT2D eigenvalue weighted by atomic mass is 79.9. The molecule has 0 aliphatic heterocycles. The lowest BCUT2D eigenvalue weighted by molar-refractivity contribution is -0.122. The summed E-state index contributed by atoms with van der Waals surface area (Å²) in [6.45, 7) is 4.30. The summed E-state index contributed by atoms with van der Waals surface area (Å²) in [6.07, 6.45) is 0. The van der Waals surface area contributed by atoms with E-state index < -0.39 is 0 Å². The summed E-state index contributed by atoms with van der Waals surface area (Å²) in [4.78, 5) is 15.2. The number of carbonyl (C=O) groups excluding carboxylic acids is 1. The standard InChI is InChI=1S/C17H21BrN2O2S/c1-3-22-14-6-4-13(5-7-14)10-19-17(21)12-20(2)11-15-8-9-16(18)23-15/h4-9H,3,10-12H2,1-2H3,(H,19,21). The second kappa shape index (κ2) is 9.05. The Morgan fingerprint density at radius 1 is 1.26 bits per heavy atom. The number of likely N-dealkylation sites (N-methyl/N-ethyl adjacent to an activating group) is 1. The number of thiophene rings is 1. The molecule has 4 nitrogen and oxygen atoms in total. The Kier molecular flexibility index (Phi) is 7.08. The molecule has 1 amide bonds. The van der Waals surface area contributed by atoms with Gasteiger partial charge in [-0.3, -0.25) is 9.69 Å². The zero-order chi connectivity index (χ0) is 16.7. The number of nitrogens with one attached hydrogen (secondary N) is 1. The van der Waals surface area contributed by atoms with Crippen LogP contribution < -0.4 is 10.1 Å². The van der Waals surface area contributed by atoms with E-state index in [1.54, 1.807) is 11.3 Å². The van der Waals surface area contributed by atoms with Gasteiger partial charge in [-0.25, -0.2) is 0 Å². The van der Waals surface area contributed by atoms with Crippen LogP contribution in [0.4, 0.5) is 0 Å². The van der Waals surface area contributed by atoms with Crippen LogP contribution in [0.3, 0.4) is 0 Å². The number of ether oxygens (including phenoxy) is 1. The van der Waals surface area contributed by atoms with Crippen LogP contribution >= 0.6 is 27.3 Å². The quantitative estimate of drug-likeness (QED) is 0.739. The molecule has 0 fully saturated rings. The first-order valence-electron chi connectivity index (χ1n) is 7.48. The van der Waals surface area contributed by atoms with Crippen molar-refractivity contribution in [1.29, 1.82) is 0 Å². The van der Waals surface area contributed by atoms with Crippen molar-refractivity contribution in [2.45, 2.75) is 20.0 Å². The molecule has 0 atom stereocenters. The van der Waals surface area contributed by atoms with Gasteiger partial charge in [0.2, 0.25) is 5.91 Å². The van der Waals surface area contributed by atoms with Gasteiger partial charge >= 0.3 is 0 Å². The predicted molar refractivity (Wildman–Crippen MR) is 97.8 cm³/mol. The van der Waals surface area contributed by atoms with Crippen LogP contribution in [0.2, 0.25) is 0 Å². The Morgan fingerprint density at radius 3 is 2.61 bits per heavy atom. The number of carbonyl (C=O) groups is 1. The largest absolute Gasteiger partial charge is 0.494 e. The summed E-state index contributed by atoms with van der Waals surface area (Å²) in [5.41, 5.74) is 1.06. The van der Waals surface area contributed by atoms with E-state index in [2.05, 4.69) is 27.3 Å². The van der Waals surface area contributed by atoms with E-state index in [0.717, 1.165) is 21.6 Å². The number of nitrogens with zero attached hydrogens (tertiary/aromatic N) is 1. The van der Waals surface area contributed by atoms with E-state index in [4.69, 9.17) is 4.74 Å². The van der Waals surface area contributed by atoms with E-state index >= 15 is 0 Å². The SMILES string of the molecule is CCOc1ccc(CNC(=O)CN(C)Cc2ccc(Br)s2)cc1. The number of halogens is 1. The molecule has 124 valence electrons. The predicted octanol–water partition coefficient (Wildman–Crippen LogP) is 3.66. The monoisotopic (exact) mass is 396 g/mol. The lowest BCUT2D eigenvalue weighted by Gasteiger charge is -2.15. The summed E-state index contributed by atoms with van der Waals surface area (Å²) < 4.78 is 6.51. The van der Waals surface area contributed by atoms with Crippen LogP contribution in [0, 0.1) is 0 Å². The van der Waals surface area contributed by atoms with Gasteiger partial charge in [-0.15, -0.1) is 11.3 Å². The normalized spacial score (nSPS) is 10.8. The molecule has 0 aliphatic carbocycles. The van der Waals surface area contributed by atoms with Gasteiger partial charge in [-0.05, 0) is 59.7 Å². The topological polar surface area (TPSA) is 41.6 Å². The van der Waals surface area contributed by atoms with E-state index in [1.165, 1.54) is 4.88 Å². The lowest BCUT2D eigenvalue weighted by Crippen LogP contribution is -2.34. The average Bonchev–Trinajstić information content (AvgIpc) is 2.91. The maximum Gasteiger partial charge on any atom is 0.234 e. The minimum atomic E-state index is 0.0250. The van der Waals surface area contributed by atoms with Crippen molar-refractivity contribution in [3.8, 4) is 5.75 Å². The number of benzene rings is 1. The van der Waals surface area contributed by atoms with E-state index in [1.807, 2.05) is 49.2 Å². The number of rotatable bonds is 8. The molecule has 0 saturated carbocycles. The van der Waals surface area contributed by atoms with Gasteiger partial charge in [0.1, 0.15) is 5.75 Å². The Balaban J connectivity index is 1.73.